The van der Waals surface area contributed by atoms with Gasteiger partial charge in [0.25, 0.3) is 0 Å². The summed E-state index contributed by atoms with van der Waals surface area (Å²) in [5.41, 5.74) is -0.288. The standard InChI is InChI=1S/C11H12F2N2O3/c1-18-7-4-15(5-7)10-8(12)2-6(3-9(10)13)14-11(16)17/h2-3,7,14H,4-5H2,1H3,(H,16,17). The molecule has 0 saturated carbocycles. The Hall–Kier alpha value is -1.89. The molecule has 2 rings (SSSR count). The molecular formula is C11H12F2N2O3. The minimum Gasteiger partial charge on any atom is -0.465 e. The van der Waals surface area contributed by atoms with Crippen molar-refractivity contribution >= 4 is 17.5 Å². The SMILES string of the molecule is COC1CN(c2c(F)cc(NC(=O)O)cc2F)C1. The van der Waals surface area contributed by atoms with Crippen molar-refractivity contribution in [1.29, 1.82) is 0 Å². The number of benzene rings is 1. The van der Waals surface area contributed by atoms with Crippen molar-refractivity contribution in [2.24, 2.45) is 0 Å². The van der Waals surface area contributed by atoms with Crippen LogP contribution in [0.15, 0.2) is 12.1 Å². The molecule has 18 heavy (non-hydrogen) atoms. The summed E-state index contributed by atoms with van der Waals surface area (Å²) >= 11 is 0. The molecule has 0 unspecified atom stereocenters. The molecule has 1 aliphatic rings. The maximum atomic E-state index is 13.7. The second kappa shape index (κ2) is 4.77. The lowest BCUT2D eigenvalue weighted by atomic mass is 10.1. The van der Waals surface area contributed by atoms with Gasteiger partial charge in [-0.05, 0) is 12.1 Å². The molecule has 98 valence electrons. The predicted molar refractivity (Wildman–Crippen MR) is 61.0 cm³/mol. The maximum Gasteiger partial charge on any atom is 0.409 e. The normalized spacial score (nSPS) is 15.4. The van der Waals surface area contributed by atoms with Crippen LogP contribution in [0.2, 0.25) is 0 Å². The van der Waals surface area contributed by atoms with E-state index in [1.165, 1.54) is 12.0 Å². The lowest BCUT2D eigenvalue weighted by molar-refractivity contribution is 0.0780. The number of anilines is 2. The van der Waals surface area contributed by atoms with Gasteiger partial charge in [-0.1, -0.05) is 0 Å². The van der Waals surface area contributed by atoms with Crippen LogP contribution in [0.4, 0.5) is 25.0 Å². The van der Waals surface area contributed by atoms with Gasteiger partial charge in [0.15, 0.2) is 11.6 Å². The Bertz CT molecular complexity index is 452. The van der Waals surface area contributed by atoms with E-state index in [0.717, 1.165) is 12.1 Å². The Balaban J connectivity index is 2.20. The number of rotatable bonds is 3. The minimum atomic E-state index is -1.37. The van der Waals surface area contributed by atoms with Crippen LogP contribution in [0.5, 0.6) is 0 Å². The highest BCUT2D eigenvalue weighted by molar-refractivity contribution is 5.83. The average Bonchev–Trinajstić information content (AvgIpc) is 2.19. The third kappa shape index (κ3) is 2.35. The number of hydrogen-bond acceptors (Lipinski definition) is 3. The quantitative estimate of drug-likeness (QED) is 0.869. The molecule has 0 atom stereocenters. The first-order chi connectivity index (χ1) is 8.51. The van der Waals surface area contributed by atoms with Crippen molar-refractivity contribution < 1.29 is 23.4 Å². The third-order valence-corrected chi connectivity index (χ3v) is 2.77. The molecule has 7 heteroatoms. The predicted octanol–water partition coefficient (Wildman–Crippen LogP) is 1.89. The summed E-state index contributed by atoms with van der Waals surface area (Å²) in [5, 5.41) is 10.4. The average molecular weight is 258 g/mol. The Morgan fingerprint density at radius 2 is 2.00 bits per heavy atom. The fourth-order valence-electron chi connectivity index (χ4n) is 1.83. The fourth-order valence-corrected chi connectivity index (χ4v) is 1.83. The number of ether oxygens (including phenoxy) is 1. The minimum absolute atomic E-state index is 0.0272. The zero-order chi connectivity index (χ0) is 13.3. The van der Waals surface area contributed by atoms with Gasteiger partial charge in [0.2, 0.25) is 0 Å². The number of nitrogens with zero attached hydrogens (tertiary/aromatic N) is 1. The fraction of sp³-hybridized carbons (Fsp3) is 0.364. The van der Waals surface area contributed by atoms with Gasteiger partial charge in [0.05, 0.1) is 6.10 Å². The Labute approximate surface area is 102 Å². The van der Waals surface area contributed by atoms with E-state index in [9.17, 15) is 13.6 Å². The molecule has 1 aromatic carbocycles. The van der Waals surface area contributed by atoms with Crippen LogP contribution >= 0.6 is 0 Å². The van der Waals surface area contributed by atoms with E-state index in [1.807, 2.05) is 5.32 Å². The highest BCUT2D eigenvalue weighted by Crippen LogP contribution is 2.30. The highest BCUT2D eigenvalue weighted by atomic mass is 19.1. The van der Waals surface area contributed by atoms with Crippen molar-refractivity contribution in [2.45, 2.75) is 6.10 Å². The molecule has 1 saturated heterocycles. The number of amides is 1. The first-order valence-corrected chi connectivity index (χ1v) is 5.28. The molecule has 0 radical (unpaired) electrons. The number of carboxylic acid groups (broad SMARTS) is 1. The van der Waals surface area contributed by atoms with E-state index >= 15 is 0 Å². The van der Waals surface area contributed by atoms with Gasteiger partial charge in [-0.15, -0.1) is 0 Å². The molecule has 1 fully saturated rings. The van der Waals surface area contributed by atoms with Crippen molar-refractivity contribution in [3.63, 3.8) is 0 Å². The summed E-state index contributed by atoms with van der Waals surface area (Å²) in [6.45, 7) is 0.825. The first-order valence-electron chi connectivity index (χ1n) is 5.28. The molecule has 0 spiro atoms. The molecule has 0 bridgehead atoms. The monoisotopic (exact) mass is 258 g/mol. The van der Waals surface area contributed by atoms with Crippen LogP contribution in [0.3, 0.4) is 0 Å². The summed E-state index contributed by atoms with van der Waals surface area (Å²) in [4.78, 5) is 11.9. The van der Waals surface area contributed by atoms with Gasteiger partial charge in [0, 0.05) is 25.9 Å². The topological polar surface area (TPSA) is 61.8 Å². The van der Waals surface area contributed by atoms with Crippen LogP contribution in [-0.4, -0.2) is 37.5 Å². The molecule has 1 amide bonds. The Morgan fingerprint density at radius 1 is 1.44 bits per heavy atom. The third-order valence-electron chi connectivity index (χ3n) is 2.77. The summed E-state index contributed by atoms with van der Waals surface area (Å²) in [6.07, 6.45) is -1.40. The van der Waals surface area contributed by atoms with Gasteiger partial charge in [-0.2, -0.15) is 0 Å². The van der Waals surface area contributed by atoms with Crippen molar-refractivity contribution in [1.82, 2.24) is 0 Å². The molecule has 0 aliphatic carbocycles. The van der Waals surface area contributed by atoms with Crippen molar-refractivity contribution in [2.75, 3.05) is 30.4 Å². The van der Waals surface area contributed by atoms with Crippen molar-refractivity contribution in [3.05, 3.63) is 23.8 Å². The van der Waals surface area contributed by atoms with E-state index in [1.54, 1.807) is 0 Å². The van der Waals surface area contributed by atoms with Crippen LogP contribution in [0.1, 0.15) is 0 Å². The molecule has 1 aromatic rings. The maximum absolute atomic E-state index is 13.7. The van der Waals surface area contributed by atoms with Crippen LogP contribution in [-0.2, 0) is 4.74 Å². The van der Waals surface area contributed by atoms with Crippen LogP contribution in [0.25, 0.3) is 0 Å². The Morgan fingerprint density at radius 3 is 2.44 bits per heavy atom. The molecule has 0 aromatic heterocycles. The lowest BCUT2D eigenvalue weighted by Gasteiger charge is -2.40. The zero-order valence-electron chi connectivity index (χ0n) is 9.61. The molecule has 2 N–H and O–H groups in total. The van der Waals surface area contributed by atoms with E-state index in [-0.39, 0.29) is 17.5 Å². The number of hydrogen-bond donors (Lipinski definition) is 2. The van der Waals surface area contributed by atoms with Gasteiger partial charge >= 0.3 is 6.09 Å². The molecular weight excluding hydrogens is 246 g/mol. The zero-order valence-corrected chi connectivity index (χ0v) is 9.61. The molecule has 1 heterocycles. The number of carbonyl (C=O) groups is 1. The second-order valence-corrected chi connectivity index (χ2v) is 3.98. The summed E-state index contributed by atoms with van der Waals surface area (Å²) < 4.78 is 32.4. The lowest BCUT2D eigenvalue weighted by Crippen LogP contribution is -2.52. The summed E-state index contributed by atoms with van der Waals surface area (Å²) in [7, 11) is 1.54. The number of methoxy groups -OCH3 is 1. The number of halogens is 2. The largest absolute Gasteiger partial charge is 0.465 e. The van der Waals surface area contributed by atoms with E-state index in [2.05, 4.69) is 0 Å². The summed E-state index contributed by atoms with van der Waals surface area (Å²) in [6, 6.07) is 1.90. The summed E-state index contributed by atoms with van der Waals surface area (Å²) in [5.74, 6) is -1.60. The van der Waals surface area contributed by atoms with E-state index in [4.69, 9.17) is 9.84 Å². The Kier molecular flexibility index (Phi) is 3.33. The van der Waals surface area contributed by atoms with Gasteiger partial charge < -0.3 is 14.7 Å². The van der Waals surface area contributed by atoms with Gasteiger partial charge in [-0.3, -0.25) is 5.32 Å². The highest BCUT2D eigenvalue weighted by Gasteiger charge is 2.30. The van der Waals surface area contributed by atoms with Gasteiger partial charge in [0.1, 0.15) is 5.69 Å². The smallest absolute Gasteiger partial charge is 0.409 e. The van der Waals surface area contributed by atoms with Crippen LogP contribution in [0, 0.1) is 11.6 Å². The van der Waals surface area contributed by atoms with Gasteiger partial charge in [-0.25, -0.2) is 13.6 Å². The van der Waals surface area contributed by atoms with E-state index in [0.29, 0.717) is 13.1 Å². The molecule has 1 aliphatic heterocycles. The number of nitrogens with one attached hydrogen (secondary N) is 1. The first kappa shape index (κ1) is 12.6. The van der Waals surface area contributed by atoms with Crippen molar-refractivity contribution in [3.8, 4) is 0 Å². The second-order valence-electron chi connectivity index (χ2n) is 3.98. The molecule has 5 nitrogen and oxygen atoms in total. The van der Waals surface area contributed by atoms with E-state index < -0.39 is 17.7 Å². The van der Waals surface area contributed by atoms with Crippen LogP contribution < -0.4 is 10.2 Å².